The number of non-ortho nitro benzene ring substituents is 1. The first-order valence-corrected chi connectivity index (χ1v) is 12.9. The molecule has 3 aromatic carbocycles. The van der Waals surface area contributed by atoms with Gasteiger partial charge in [0.25, 0.3) is 11.6 Å². The van der Waals surface area contributed by atoms with Crippen LogP contribution in [-0.2, 0) is 14.4 Å². The molecule has 2 heterocycles. The Morgan fingerprint density at radius 1 is 0.902 bits per heavy atom. The second kappa shape index (κ2) is 11.3. The van der Waals surface area contributed by atoms with Gasteiger partial charge in [0.2, 0.25) is 11.7 Å². The fraction of sp³-hybridized carbons (Fsp3) is 0.310. The molecule has 0 radical (unpaired) electrons. The molecule has 41 heavy (non-hydrogen) atoms. The van der Waals surface area contributed by atoms with E-state index in [4.69, 9.17) is 23.8 Å². The highest BCUT2D eigenvalue weighted by Gasteiger charge is 2.61. The highest BCUT2D eigenvalue weighted by atomic mass is 16.7. The zero-order chi connectivity index (χ0) is 29.3. The maximum atomic E-state index is 14.0. The van der Waals surface area contributed by atoms with Crippen LogP contribution in [0.5, 0.6) is 23.0 Å². The van der Waals surface area contributed by atoms with Crippen molar-refractivity contribution < 1.29 is 38.3 Å². The summed E-state index contributed by atoms with van der Waals surface area (Å²) in [6.45, 7) is 2.54. The van der Waals surface area contributed by atoms with Crippen molar-refractivity contribution in [3.63, 3.8) is 0 Å². The number of anilines is 2. The number of imide groups is 1. The lowest BCUT2D eigenvalue weighted by Crippen LogP contribution is -2.37. The molecule has 5 rings (SSSR count). The Hall–Kier alpha value is -4.84. The van der Waals surface area contributed by atoms with Crippen molar-refractivity contribution in [1.29, 1.82) is 0 Å². The van der Waals surface area contributed by atoms with Crippen LogP contribution in [0.1, 0.15) is 24.9 Å². The average Bonchev–Trinajstić information content (AvgIpc) is 3.50. The summed E-state index contributed by atoms with van der Waals surface area (Å²) < 4.78 is 22.3. The van der Waals surface area contributed by atoms with E-state index in [0.29, 0.717) is 35.0 Å². The Labute approximate surface area is 236 Å². The molecule has 12 nitrogen and oxygen atoms in total. The molecular formula is C29H29N3O9. The molecule has 2 aliphatic heterocycles. The van der Waals surface area contributed by atoms with Crippen LogP contribution < -0.4 is 28.9 Å². The van der Waals surface area contributed by atoms with Gasteiger partial charge in [-0.1, -0.05) is 13.0 Å². The molecule has 12 heteroatoms. The summed E-state index contributed by atoms with van der Waals surface area (Å²) in [4.78, 5) is 46.0. The van der Waals surface area contributed by atoms with Crippen molar-refractivity contribution >= 4 is 28.9 Å². The normalized spacial score (nSPS) is 19.8. The molecular weight excluding hydrogens is 534 g/mol. The van der Waals surface area contributed by atoms with Crippen LogP contribution in [0, 0.1) is 16.0 Å². The Morgan fingerprint density at radius 3 is 2.27 bits per heavy atom. The first-order valence-electron chi connectivity index (χ1n) is 12.9. The number of hydroxylamine groups is 1. The molecule has 2 fully saturated rings. The van der Waals surface area contributed by atoms with Gasteiger partial charge in [0.15, 0.2) is 17.6 Å². The number of amides is 2. The summed E-state index contributed by atoms with van der Waals surface area (Å²) in [7, 11) is 4.38. The van der Waals surface area contributed by atoms with Crippen molar-refractivity contribution in [2.24, 2.45) is 5.92 Å². The lowest BCUT2D eigenvalue weighted by molar-refractivity contribution is -0.384. The molecule has 2 saturated heterocycles. The number of hydrogen-bond donors (Lipinski definition) is 0. The summed E-state index contributed by atoms with van der Waals surface area (Å²) in [6, 6.07) is 14.9. The molecule has 0 bridgehead atoms. The summed E-state index contributed by atoms with van der Waals surface area (Å²) in [6.07, 6.45) is -0.353. The highest BCUT2D eigenvalue weighted by Crippen LogP contribution is 2.53. The number of fused-ring (bicyclic) bond motifs is 1. The minimum absolute atomic E-state index is 0.175. The van der Waals surface area contributed by atoms with Gasteiger partial charge in [-0.3, -0.25) is 24.5 Å². The average molecular weight is 564 g/mol. The van der Waals surface area contributed by atoms with Crippen LogP contribution >= 0.6 is 0 Å². The summed E-state index contributed by atoms with van der Waals surface area (Å²) in [5.41, 5.74) is 0.961. The Morgan fingerprint density at radius 2 is 1.63 bits per heavy atom. The third-order valence-corrected chi connectivity index (χ3v) is 7.03. The zero-order valence-corrected chi connectivity index (χ0v) is 22.9. The number of nitro groups is 1. The second-order valence-corrected chi connectivity index (χ2v) is 9.38. The van der Waals surface area contributed by atoms with Crippen molar-refractivity contribution in [2.75, 3.05) is 37.9 Å². The van der Waals surface area contributed by atoms with E-state index in [1.807, 2.05) is 6.92 Å². The molecule has 2 amide bonds. The van der Waals surface area contributed by atoms with Gasteiger partial charge in [-0.05, 0) is 48.9 Å². The molecule has 0 saturated carbocycles. The predicted octanol–water partition coefficient (Wildman–Crippen LogP) is 4.46. The molecule has 0 aromatic heterocycles. The van der Waals surface area contributed by atoms with Crippen molar-refractivity contribution in [1.82, 2.24) is 0 Å². The molecule has 214 valence electrons. The van der Waals surface area contributed by atoms with E-state index in [1.165, 1.54) is 44.6 Å². The molecule has 0 spiro atoms. The minimum Gasteiger partial charge on any atom is -0.494 e. The zero-order valence-electron chi connectivity index (χ0n) is 22.9. The Kier molecular flexibility index (Phi) is 7.66. The smallest absolute Gasteiger partial charge is 0.271 e. The number of nitrogens with zero attached hydrogens (tertiary/aromatic N) is 3. The molecule has 0 unspecified atom stereocenters. The maximum absolute atomic E-state index is 14.0. The summed E-state index contributed by atoms with van der Waals surface area (Å²) >= 11 is 0. The molecule has 0 aliphatic carbocycles. The number of carbonyl (C=O) groups excluding carboxylic acids is 2. The van der Waals surface area contributed by atoms with E-state index >= 15 is 0 Å². The minimum atomic E-state index is -1.19. The quantitative estimate of drug-likeness (QED) is 0.198. The number of rotatable bonds is 10. The number of ether oxygens (including phenoxy) is 4. The van der Waals surface area contributed by atoms with Gasteiger partial charge in [-0.15, -0.1) is 0 Å². The Balaban J connectivity index is 1.61. The lowest BCUT2D eigenvalue weighted by atomic mass is 9.89. The first-order chi connectivity index (χ1) is 19.8. The monoisotopic (exact) mass is 563 g/mol. The molecule has 3 atom stereocenters. The van der Waals surface area contributed by atoms with E-state index in [9.17, 15) is 19.7 Å². The number of carbonyl (C=O) groups is 2. The van der Waals surface area contributed by atoms with Crippen LogP contribution in [-0.4, -0.2) is 50.8 Å². The number of benzene rings is 3. The fourth-order valence-corrected chi connectivity index (χ4v) is 5.22. The third kappa shape index (κ3) is 4.76. The number of nitro benzene ring substituents is 1. The standard InChI is InChI=1S/C29H29N3O9/c1-5-15-40-20-11-9-17(10-12-20)30-28(33)23-24(21-13-14-22(37-2)26(39-4)25(21)38-3)31(41-27(23)29(30)34)18-7-6-8-19(16-18)32(35)36/h6-14,16,23-24,27H,5,15H2,1-4H3/t23-,24-,27-/m1/s1. The molecule has 0 N–H and O–H groups in total. The third-order valence-electron chi connectivity index (χ3n) is 7.03. The number of methoxy groups -OCH3 is 3. The fourth-order valence-electron chi connectivity index (χ4n) is 5.22. The van der Waals surface area contributed by atoms with E-state index in [2.05, 4.69) is 0 Å². The Bertz CT molecular complexity index is 1480. The van der Waals surface area contributed by atoms with Crippen LogP contribution in [0.2, 0.25) is 0 Å². The molecule has 3 aromatic rings. The van der Waals surface area contributed by atoms with Gasteiger partial charge in [0.05, 0.1) is 44.2 Å². The topological polar surface area (TPSA) is 130 Å². The first kappa shape index (κ1) is 27.7. The van der Waals surface area contributed by atoms with Gasteiger partial charge < -0.3 is 18.9 Å². The van der Waals surface area contributed by atoms with E-state index in [1.54, 1.807) is 42.5 Å². The van der Waals surface area contributed by atoms with Gasteiger partial charge in [-0.25, -0.2) is 9.96 Å². The van der Waals surface area contributed by atoms with Crippen molar-refractivity contribution in [3.8, 4) is 23.0 Å². The van der Waals surface area contributed by atoms with Gasteiger partial charge in [-0.2, -0.15) is 0 Å². The summed E-state index contributed by atoms with van der Waals surface area (Å²) in [5.74, 6) is -0.484. The van der Waals surface area contributed by atoms with E-state index in [-0.39, 0.29) is 17.2 Å². The van der Waals surface area contributed by atoms with Crippen LogP contribution in [0.25, 0.3) is 0 Å². The second-order valence-electron chi connectivity index (χ2n) is 9.38. The highest BCUT2D eigenvalue weighted by molar-refractivity contribution is 6.24. The van der Waals surface area contributed by atoms with Gasteiger partial charge >= 0.3 is 0 Å². The molecule has 2 aliphatic rings. The maximum Gasteiger partial charge on any atom is 0.271 e. The number of hydrogen-bond acceptors (Lipinski definition) is 10. The lowest BCUT2D eigenvalue weighted by Gasteiger charge is -2.30. The predicted molar refractivity (Wildman–Crippen MR) is 147 cm³/mol. The van der Waals surface area contributed by atoms with E-state index < -0.39 is 34.8 Å². The van der Waals surface area contributed by atoms with Crippen molar-refractivity contribution in [2.45, 2.75) is 25.5 Å². The van der Waals surface area contributed by atoms with Crippen molar-refractivity contribution in [3.05, 3.63) is 76.3 Å². The van der Waals surface area contributed by atoms with Crippen LogP contribution in [0.3, 0.4) is 0 Å². The van der Waals surface area contributed by atoms with Crippen LogP contribution in [0.4, 0.5) is 17.1 Å². The van der Waals surface area contributed by atoms with E-state index in [0.717, 1.165) is 11.3 Å². The SMILES string of the molecule is CCCOc1ccc(N2C(=O)[C@@H]3[C@@H](c4ccc(OC)c(OC)c4OC)N(c4cccc([N+](=O)[O-])c4)O[C@H]3C2=O)cc1. The van der Waals surface area contributed by atoms with Crippen LogP contribution in [0.15, 0.2) is 60.7 Å². The van der Waals surface area contributed by atoms with Gasteiger partial charge in [0.1, 0.15) is 17.7 Å². The van der Waals surface area contributed by atoms with Gasteiger partial charge in [0, 0.05) is 17.7 Å². The largest absolute Gasteiger partial charge is 0.494 e. The summed E-state index contributed by atoms with van der Waals surface area (Å²) in [5, 5.41) is 12.9.